The number of likely N-dealkylation sites (tertiary alicyclic amines) is 1. The number of hydrogen-bond donors (Lipinski definition) is 0. The van der Waals surface area contributed by atoms with Gasteiger partial charge in [-0.1, -0.05) is 18.2 Å². The number of nitrogens with zero attached hydrogens (tertiary/aromatic N) is 3. The highest BCUT2D eigenvalue weighted by atomic mass is 16.5. The van der Waals surface area contributed by atoms with Gasteiger partial charge < -0.3 is 14.4 Å². The third-order valence-corrected chi connectivity index (χ3v) is 5.95. The van der Waals surface area contributed by atoms with E-state index in [4.69, 9.17) is 9.47 Å². The molecule has 158 valence electrons. The molecule has 3 amide bonds. The van der Waals surface area contributed by atoms with Crippen LogP contribution in [0.5, 0.6) is 5.75 Å². The number of benzene rings is 1. The zero-order valence-electron chi connectivity index (χ0n) is 17.3. The van der Waals surface area contributed by atoms with Gasteiger partial charge in [-0.2, -0.15) is 0 Å². The quantitative estimate of drug-likeness (QED) is 0.617. The fourth-order valence-corrected chi connectivity index (χ4v) is 4.18. The molecule has 0 aliphatic carbocycles. The number of carbonyl (C=O) groups excluding carboxylic acids is 3. The first-order chi connectivity index (χ1) is 13.9. The lowest BCUT2D eigenvalue weighted by molar-refractivity contribution is -0.142. The molecule has 2 fully saturated rings. The molecule has 0 spiro atoms. The van der Waals surface area contributed by atoms with Crippen molar-refractivity contribution < 1.29 is 23.9 Å². The normalized spacial score (nSPS) is 23.0. The zero-order valence-corrected chi connectivity index (χ0v) is 17.3. The van der Waals surface area contributed by atoms with E-state index in [9.17, 15) is 14.4 Å². The maximum atomic E-state index is 13.2. The first-order valence-corrected chi connectivity index (χ1v) is 9.86. The fraction of sp³-hybridized carbons (Fsp3) is 0.571. The van der Waals surface area contributed by atoms with Crippen LogP contribution in [-0.4, -0.2) is 93.0 Å². The summed E-state index contributed by atoms with van der Waals surface area (Å²) >= 11 is 0. The number of ether oxygens (including phenoxy) is 2. The number of amides is 3. The maximum Gasteiger partial charge on any atom is 0.240 e. The van der Waals surface area contributed by atoms with Gasteiger partial charge >= 0.3 is 0 Å². The van der Waals surface area contributed by atoms with Crippen molar-refractivity contribution in [3.05, 3.63) is 29.8 Å². The molecule has 2 heterocycles. The van der Waals surface area contributed by atoms with Crippen molar-refractivity contribution in [3.8, 4) is 5.75 Å². The Morgan fingerprint density at radius 2 is 1.79 bits per heavy atom. The Bertz CT molecular complexity index is 775. The Kier molecular flexibility index (Phi) is 6.54. The molecule has 1 aromatic rings. The zero-order chi connectivity index (χ0) is 21.0. The lowest BCUT2D eigenvalue weighted by Gasteiger charge is -2.36. The van der Waals surface area contributed by atoms with E-state index in [-0.39, 0.29) is 30.6 Å². The van der Waals surface area contributed by atoms with Gasteiger partial charge in [-0.3, -0.25) is 24.2 Å². The first kappa shape index (κ1) is 21.3. The summed E-state index contributed by atoms with van der Waals surface area (Å²) < 4.78 is 10.6. The topological polar surface area (TPSA) is 79.4 Å². The van der Waals surface area contributed by atoms with Gasteiger partial charge in [0, 0.05) is 65.3 Å². The smallest absolute Gasteiger partial charge is 0.240 e. The molecule has 8 heteroatoms. The van der Waals surface area contributed by atoms with E-state index in [0.29, 0.717) is 31.0 Å². The largest absolute Gasteiger partial charge is 0.496 e. The van der Waals surface area contributed by atoms with Crippen LogP contribution >= 0.6 is 0 Å². The fourth-order valence-electron chi connectivity index (χ4n) is 4.18. The van der Waals surface area contributed by atoms with Crippen LogP contribution in [0, 0.1) is 0 Å². The summed E-state index contributed by atoms with van der Waals surface area (Å²) in [5.74, 6) is -0.225. The van der Waals surface area contributed by atoms with Crippen LogP contribution in [0.4, 0.5) is 0 Å². The van der Waals surface area contributed by atoms with Crippen LogP contribution in [0.3, 0.4) is 0 Å². The predicted octanol–water partition coefficient (Wildman–Crippen LogP) is 0.502. The van der Waals surface area contributed by atoms with Gasteiger partial charge in [-0.15, -0.1) is 0 Å². The minimum atomic E-state index is -1.22. The molecule has 2 saturated heterocycles. The minimum absolute atomic E-state index is 0.0255. The van der Waals surface area contributed by atoms with E-state index in [1.54, 1.807) is 30.2 Å². The number of piperazine rings is 1. The standard InChI is InChI=1S/C21H29N3O5/c1-22-18(25)14-21(20(22)27,16-6-4-5-7-17(16)29-3)15-19(26)24-10-8-23(9-11-24)12-13-28-2/h4-7H,8-15H2,1-3H3. The Morgan fingerprint density at radius 1 is 1.10 bits per heavy atom. The molecule has 8 nitrogen and oxygen atoms in total. The first-order valence-electron chi connectivity index (χ1n) is 9.86. The molecule has 0 bridgehead atoms. The molecule has 0 saturated carbocycles. The molecule has 0 radical (unpaired) electrons. The SMILES string of the molecule is COCCN1CCN(C(=O)CC2(c3ccccc3OC)CC(=O)N(C)C2=O)CC1. The van der Waals surface area contributed by atoms with Crippen molar-refractivity contribution >= 4 is 17.7 Å². The molecule has 1 aromatic carbocycles. The summed E-state index contributed by atoms with van der Waals surface area (Å²) in [6.45, 7) is 4.23. The van der Waals surface area contributed by atoms with Crippen molar-refractivity contribution in [2.45, 2.75) is 18.3 Å². The maximum absolute atomic E-state index is 13.2. The third-order valence-electron chi connectivity index (χ3n) is 5.95. The Morgan fingerprint density at radius 3 is 2.38 bits per heavy atom. The van der Waals surface area contributed by atoms with Gasteiger partial charge in [0.15, 0.2) is 0 Å². The van der Waals surface area contributed by atoms with E-state index in [1.807, 2.05) is 6.07 Å². The predicted molar refractivity (Wildman–Crippen MR) is 107 cm³/mol. The van der Waals surface area contributed by atoms with Gasteiger partial charge in [0.1, 0.15) is 5.75 Å². The number of likely N-dealkylation sites (N-methyl/N-ethyl adjacent to an activating group) is 1. The molecule has 0 aromatic heterocycles. The average molecular weight is 403 g/mol. The molecular weight excluding hydrogens is 374 g/mol. The average Bonchev–Trinajstić information content (AvgIpc) is 2.96. The number of imide groups is 1. The molecule has 0 N–H and O–H groups in total. The number of rotatable bonds is 7. The van der Waals surface area contributed by atoms with E-state index in [0.717, 1.165) is 24.5 Å². The van der Waals surface area contributed by atoms with Crippen LogP contribution in [-0.2, 0) is 24.5 Å². The van der Waals surface area contributed by atoms with Crippen LogP contribution < -0.4 is 4.74 Å². The van der Waals surface area contributed by atoms with E-state index in [1.165, 1.54) is 14.2 Å². The van der Waals surface area contributed by atoms with Crippen molar-refractivity contribution in [1.29, 1.82) is 0 Å². The molecule has 2 aliphatic rings. The summed E-state index contributed by atoms with van der Waals surface area (Å²) in [6, 6.07) is 7.14. The van der Waals surface area contributed by atoms with E-state index >= 15 is 0 Å². The molecule has 1 atom stereocenters. The Labute approximate surface area is 171 Å². The summed E-state index contributed by atoms with van der Waals surface area (Å²) in [7, 11) is 4.67. The number of methoxy groups -OCH3 is 2. The molecule has 29 heavy (non-hydrogen) atoms. The lowest BCUT2D eigenvalue weighted by atomic mass is 9.75. The number of hydrogen-bond acceptors (Lipinski definition) is 6. The van der Waals surface area contributed by atoms with E-state index in [2.05, 4.69) is 4.90 Å². The molecule has 2 aliphatic heterocycles. The van der Waals surface area contributed by atoms with Gasteiger partial charge in [0.25, 0.3) is 0 Å². The van der Waals surface area contributed by atoms with Crippen molar-refractivity contribution in [3.63, 3.8) is 0 Å². The second kappa shape index (κ2) is 8.92. The van der Waals surface area contributed by atoms with Crippen molar-refractivity contribution in [2.24, 2.45) is 0 Å². The highest BCUT2D eigenvalue weighted by Gasteiger charge is 2.54. The summed E-state index contributed by atoms with van der Waals surface area (Å²) in [4.78, 5) is 43.9. The van der Waals surface area contributed by atoms with Gasteiger partial charge in [0.05, 0.1) is 19.1 Å². The monoisotopic (exact) mass is 403 g/mol. The lowest BCUT2D eigenvalue weighted by Crippen LogP contribution is -2.51. The van der Waals surface area contributed by atoms with Crippen LogP contribution in [0.15, 0.2) is 24.3 Å². The molecular formula is C21H29N3O5. The second-order valence-electron chi connectivity index (χ2n) is 7.61. The van der Waals surface area contributed by atoms with Crippen LogP contribution in [0.25, 0.3) is 0 Å². The van der Waals surface area contributed by atoms with Gasteiger partial charge in [0.2, 0.25) is 17.7 Å². The Hall–Kier alpha value is -2.45. The van der Waals surface area contributed by atoms with E-state index < -0.39 is 5.41 Å². The highest BCUT2D eigenvalue weighted by Crippen LogP contribution is 2.43. The molecule has 1 unspecified atom stereocenters. The number of carbonyl (C=O) groups is 3. The van der Waals surface area contributed by atoms with Gasteiger partial charge in [-0.25, -0.2) is 0 Å². The highest BCUT2D eigenvalue weighted by molar-refractivity contribution is 6.10. The Balaban J connectivity index is 1.81. The summed E-state index contributed by atoms with van der Waals surface area (Å²) in [5, 5.41) is 0. The molecule has 3 rings (SSSR count). The van der Waals surface area contributed by atoms with Crippen molar-refractivity contribution in [1.82, 2.24) is 14.7 Å². The van der Waals surface area contributed by atoms with Gasteiger partial charge in [-0.05, 0) is 6.07 Å². The third kappa shape index (κ3) is 4.13. The second-order valence-corrected chi connectivity index (χ2v) is 7.61. The summed E-state index contributed by atoms with van der Waals surface area (Å²) in [6.07, 6.45) is -0.0669. The van der Waals surface area contributed by atoms with Crippen LogP contribution in [0.2, 0.25) is 0 Å². The van der Waals surface area contributed by atoms with Crippen molar-refractivity contribution in [2.75, 3.05) is 60.6 Å². The van der Waals surface area contributed by atoms with Crippen LogP contribution in [0.1, 0.15) is 18.4 Å². The minimum Gasteiger partial charge on any atom is -0.496 e. The summed E-state index contributed by atoms with van der Waals surface area (Å²) in [5.41, 5.74) is -0.625. The number of para-hydroxylation sites is 1.